The highest BCUT2D eigenvalue weighted by atomic mass is 16.3. The van der Waals surface area contributed by atoms with Crippen molar-refractivity contribution in [3.8, 4) is 0 Å². The molecule has 0 unspecified atom stereocenters. The van der Waals surface area contributed by atoms with Crippen LogP contribution in [0.15, 0.2) is 27.9 Å². The van der Waals surface area contributed by atoms with Crippen molar-refractivity contribution in [3.05, 3.63) is 36.2 Å². The van der Waals surface area contributed by atoms with Crippen molar-refractivity contribution in [2.24, 2.45) is 0 Å². The molecule has 0 saturated heterocycles. The molecule has 17 heavy (non-hydrogen) atoms. The lowest BCUT2D eigenvalue weighted by atomic mass is 9.84. The van der Waals surface area contributed by atoms with Crippen LogP contribution in [0.4, 0.5) is 0 Å². The van der Waals surface area contributed by atoms with Gasteiger partial charge in [0.1, 0.15) is 12.0 Å². The van der Waals surface area contributed by atoms with Gasteiger partial charge in [-0.05, 0) is 0 Å². The lowest BCUT2D eigenvalue weighted by Gasteiger charge is -2.21. The molecular weight excluding hydrogens is 216 g/mol. The van der Waals surface area contributed by atoms with Crippen LogP contribution in [0.3, 0.4) is 0 Å². The van der Waals surface area contributed by atoms with Crippen LogP contribution in [0.25, 0.3) is 0 Å². The molecular formula is C13H18N2O2. The van der Waals surface area contributed by atoms with E-state index < -0.39 is 0 Å². The Morgan fingerprint density at radius 3 is 2.59 bits per heavy atom. The van der Waals surface area contributed by atoms with E-state index in [1.165, 1.54) is 12.8 Å². The summed E-state index contributed by atoms with van der Waals surface area (Å²) in [6, 6.07) is 0. The van der Waals surface area contributed by atoms with E-state index in [-0.39, 0.29) is 5.41 Å². The Hall–Kier alpha value is -1.58. The van der Waals surface area contributed by atoms with E-state index in [1.54, 1.807) is 6.26 Å². The maximum absolute atomic E-state index is 5.43. The standard InChI is InChI=1S/C13H18N2O2/c1-9(2)12-10(14-8-17-12)5-13(3,4)11-6-16-7-15-11/h6-9H,5H2,1-4H3. The van der Waals surface area contributed by atoms with Crippen LogP contribution in [0.5, 0.6) is 0 Å². The van der Waals surface area contributed by atoms with Crippen molar-refractivity contribution in [3.63, 3.8) is 0 Å². The van der Waals surface area contributed by atoms with Crippen molar-refractivity contribution in [2.45, 2.75) is 45.4 Å². The second-order valence-electron chi connectivity index (χ2n) is 5.25. The molecule has 0 aliphatic heterocycles. The molecule has 2 rings (SSSR count). The fourth-order valence-corrected chi connectivity index (χ4v) is 1.94. The van der Waals surface area contributed by atoms with Gasteiger partial charge in [-0.2, -0.15) is 0 Å². The van der Waals surface area contributed by atoms with Crippen molar-refractivity contribution < 1.29 is 8.83 Å². The first-order valence-electron chi connectivity index (χ1n) is 5.81. The van der Waals surface area contributed by atoms with Crippen LogP contribution in [-0.4, -0.2) is 9.97 Å². The summed E-state index contributed by atoms with van der Waals surface area (Å²) in [4.78, 5) is 8.53. The molecule has 4 nitrogen and oxygen atoms in total. The van der Waals surface area contributed by atoms with Crippen LogP contribution in [0.1, 0.15) is 50.8 Å². The monoisotopic (exact) mass is 234 g/mol. The average Bonchev–Trinajstić information content (AvgIpc) is 2.85. The minimum atomic E-state index is -0.104. The molecule has 92 valence electrons. The molecule has 0 saturated carbocycles. The summed E-state index contributed by atoms with van der Waals surface area (Å²) in [6.45, 7) is 8.47. The Morgan fingerprint density at radius 1 is 1.24 bits per heavy atom. The van der Waals surface area contributed by atoms with Gasteiger partial charge in [-0.3, -0.25) is 0 Å². The number of hydrogen-bond acceptors (Lipinski definition) is 4. The first-order chi connectivity index (χ1) is 8.00. The van der Waals surface area contributed by atoms with Gasteiger partial charge >= 0.3 is 0 Å². The molecule has 2 aromatic heterocycles. The molecule has 4 heteroatoms. The molecule has 2 aromatic rings. The first-order valence-corrected chi connectivity index (χ1v) is 5.81. The number of nitrogens with zero attached hydrogens (tertiary/aromatic N) is 2. The Morgan fingerprint density at radius 2 is 2.00 bits per heavy atom. The fourth-order valence-electron chi connectivity index (χ4n) is 1.94. The Labute approximate surface area is 101 Å². The second-order valence-corrected chi connectivity index (χ2v) is 5.25. The summed E-state index contributed by atoms with van der Waals surface area (Å²) >= 11 is 0. The van der Waals surface area contributed by atoms with Crippen molar-refractivity contribution in [1.29, 1.82) is 0 Å². The zero-order chi connectivity index (χ0) is 12.5. The van der Waals surface area contributed by atoms with Crippen LogP contribution in [0, 0.1) is 0 Å². The zero-order valence-corrected chi connectivity index (χ0v) is 10.7. The molecule has 0 aromatic carbocycles. The molecule has 0 fully saturated rings. The molecule has 0 atom stereocenters. The predicted octanol–water partition coefficient (Wildman–Crippen LogP) is 3.31. The summed E-state index contributed by atoms with van der Waals surface area (Å²) < 4.78 is 10.5. The van der Waals surface area contributed by atoms with Gasteiger partial charge in [-0.25, -0.2) is 9.97 Å². The second kappa shape index (κ2) is 4.35. The lowest BCUT2D eigenvalue weighted by molar-refractivity contribution is 0.459. The first kappa shape index (κ1) is 11.9. The van der Waals surface area contributed by atoms with Gasteiger partial charge in [0.05, 0.1) is 11.4 Å². The van der Waals surface area contributed by atoms with E-state index in [9.17, 15) is 0 Å². The summed E-state index contributed by atoms with van der Waals surface area (Å²) in [6.07, 6.45) is 5.46. The van der Waals surface area contributed by atoms with Crippen LogP contribution >= 0.6 is 0 Å². The van der Waals surface area contributed by atoms with Gasteiger partial charge < -0.3 is 8.83 Å². The minimum Gasteiger partial charge on any atom is -0.451 e. The highest BCUT2D eigenvalue weighted by molar-refractivity contribution is 5.19. The van der Waals surface area contributed by atoms with Gasteiger partial charge in [0, 0.05) is 17.8 Å². The zero-order valence-electron chi connectivity index (χ0n) is 10.7. The number of hydrogen-bond donors (Lipinski definition) is 0. The van der Waals surface area contributed by atoms with Gasteiger partial charge in [-0.1, -0.05) is 27.7 Å². The van der Waals surface area contributed by atoms with Crippen LogP contribution in [0.2, 0.25) is 0 Å². The molecule has 0 spiro atoms. The van der Waals surface area contributed by atoms with Crippen molar-refractivity contribution in [2.75, 3.05) is 0 Å². The molecule has 0 radical (unpaired) electrons. The highest BCUT2D eigenvalue weighted by Gasteiger charge is 2.27. The van der Waals surface area contributed by atoms with Crippen LogP contribution < -0.4 is 0 Å². The van der Waals surface area contributed by atoms with E-state index in [2.05, 4.69) is 37.7 Å². The Balaban J connectivity index is 2.23. The third-order valence-corrected chi connectivity index (χ3v) is 2.93. The summed E-state index contributed by atoms with van der Waals surface area (Å²) in [5.74, 6) is 1.31. The van der Waals surface area contributed by atoms with E-state index in [4.69, 9.17) is 8.83 Å². The summed E-state index contributed by atoms with van der Waals surface area (Å²) in [7, 11) is 0. The van der Waals surface area contributed by atoms with Gasteiger partial charge in [0.2, 0.25) is 0 Å². The highest BCUT2D eigenvalue weighted by Crippen LogP contribution is 2.29. The van der Waals surface area contributed by atoms with E-state index in [0.29, 0.717) is 5.92 Å². The van der Waals surface area contributed by atoms with E-state index in [0.717, 1.165) is 23.6 Å². The maximum atomic E-state index is 5.43. The molecule has 2 heterocycles. The number of aromatic nitrogens is 2. The molecule has 0 N–H and O–H groups in total. The van der Waals surface area contributed by atoms with Gasteiger partial charge in [0.15, 0.2) is 12.8 Å². The third kappa shape index (κ3) is 2.40. The van der Waals surface area contributed by atoms with E-state index in [1.807, 2.05) is 0 Å². The normalized spacial score (nSPS) is 12.3. The topological polar surface area (TPSA) is 52.1 Å². The summed E-state index contributed by atoms with van der Waals surface area (Å²) in [5.41, 5.74) is 1.84. The van der Waals surface area contributed by atoms with Crippen molar-refractivity contribution in [1.82, 2.24) is 9.97 Å². The minimum absolute atomic E-state index is 0.104. The molecule has 0 aliphatic rings. The average molecular weight is 234 g/mol. The quantitative estimate of drug-likeness (QED) is 0.814. The number of oxazole rings is 2. The molecule has 0 aliphatic carbocycles. The largest absolute Gasteiger partial charge is 0.451 e. The fraction of sp³-hybridized carbons (Fsp3) is 0.538. The number of rotatable bonds is 4. The Bertz CT molecular complexity index is 469. The van der Waals surface area contributed by atoms with Crippen LogP contribution in [-0.2, 0) is 11.8 Å². The molecule has 0 bridgehead atoms. The summed E-state index contributed by atoms with van der Waals surface area (Å²) in [5, 5.41) is 0. The van der Waals surface area contributed by atoms with Gasteiger partial charge in [-0.15, -0.1) is 0 Å². The third-order valence-electron chi connectivity index (χ3n) is 2.93. The van der Waals surface area contributed by atoms with Gasteiger partial charge in [0.25, 0.3) is 0 Å². The van der Waals surface area contributed by atoms with Crippen molar-refractivity contribution >= 4 is 0 Å². The SMILES string of the molecule is CC(C)c1ocnc1CC(C)(C)c1cocn1. The van der Waals surface area contributed by atoms with E-state index >= 15 is 0 Å². The smallest absolute Gasteiger partial charge is 0.181 e. The Kier molecular flexibility index (Phi) is 3.05. The maximum Gasteiger partial charge on any atom is 0.181 e. The molecule has 0 amide bonds. The lowest BCUT2D eigenvalue weighted by Crippen LogP contribution is -2.22. The predicted molar refractivity (Wildman–Crippen MR) is 63.8 cm³/mol.